The molecule has 0 aliphatic rings. The van der Waals surface area contributed by atoms with Gasteiger partial charge in [0.05, 0.1) is 7.11 Å². The molecule has 0 heterocycles. The van der Waals surface area contributed by atoms with E-state index < -0.39 is 6.04 Å². The number of amides is 2. The molecule has 2 rings (SSSR count). The van der Waals surface area contributed by atoms with Crippen molar-refractivity contribution in [3.05, 3.63) is 58.1 Å². The van der Waals surface area contributed by atoms with Gasteiger partial charge in [-0.15, -0.1) is 0 Å². The average Bonchev–Trinajstić information content (AvgIpc) is 2.73. The van der Waals surface area contributed by atoms with E-state index in [1.165, 1.54) is 4.90 Å². The second-order valence-electron chi connectivity index (χ2n) is 7.31. The molecule has 6 nitrogen and oxygen atoms in total. The van der Waals surface area contributed by atoms with Crippen molar-refractivity contribution in [3.63, 3.8) is 0 Å². The first-order valence-corrected chi connectivity index (χ1v) is 10.8. The van der Waals surface area contributed by atoms with E-state index in [1.54, 1.807) is 49.6 Å². The van der Waals surface area contributed by atoms with Crippen molar-refractivity contribution >= 4 is 35.0 Å². The van der Waals surface area contributed by atoms with Gasteiger partial charge in [-0.25, -0.2) is 0 Å². The van der Waals surface area contributed by atoms with Crippen LogP contribution in [0, 0.1) is 0 Å². The SMILES string of the molecule is CC[C@H](C(=O)NC(C)C)N(Cc1ccc(Cl)cc1Cl)C(=O)COc1ccc(OC)cc1. The molecule has 2 aromatic rings. The molecule has 1 N–H and O–H groups in total. The highest BCUT2D eigenvalue weighted by Crippen LogP contribution is 2.24. The molecule has 0 saturated heterocycles. The van der Waals surface area contributed by atoms with E-state index in [0.29, 0.717) is 33.5 Å². The minimum Gasteiger partial charge on any atom is -0.497 e. The normalized spacial score (nSPS) is 11.7. The molecule has 0 aromatic heterocycles. The molecular formula is C23H28Cl2N2O4. The lowest BCUT2D eigenvalue weighted by Gasteiger charge is -2.31. The zero-order chi connectivity index (χ0) is 23.0. The van der Waals surface area contributed by atoms with E-state index in [2.05, 4.69) is 5.32 Å². The molecule has 0 aliphatic carbocycles. The molecule has 0 unspecified atom stereocenters. The largest absolute Gasteiger partial charge is 0.497 e. The highest BCUT2D eigenvalue weighted by Gasteiger charge is 2.29. The van der Waals surface area contributed by atoms with Crippen LogP contribution < -0.4 is 14.8 Å². The van der Waals surface area contributed by atoms with Crippen LogP contribution in [0.2, 0.25) is 10.0 Å². The van der Waals surface area contributed by atoms with Crippen molar-refractivity contribution < 1.29 is 19.1 Å². The fourth-order valence-corrected chi connectivity index (χ4v) is 3.50. The summed E-state index contributed by atoms with van der Waals surface area (Å²) in [5, 5.41) is 3.81. The van der Waals surface area contributed by atoms with Crippen LogP contribution in [0.4, 0.5) is 0 Å². The molecule has 168 valence electrons. The number of halogens is 2. The van der Waals surface area contributed by atoms with Crippen LogP contribution in [0.15, 0.2) is 42.5 Å². The van der Waals surface area contributed by atoms with Gasteiger partial charge in [-0.1, -0.05) is 36.2 Å². The Labute approximate surface area is 193 Å². The predicted molar refractivity (Wildman–Crippen MR) is 123 cm³/mol. The zero-order valence-electron chi connectivity index (χ0n) is 18.2. The van der Waals surface area contributed by atoms with Crippen molar-refractivity contribution in [3.8, 4) is 11.5 Å². The summed E-state index contributed by atoms with van der Waals surface area (Å²) in [6.07, 6.45) is 0.442. The van der Waals surface area contributed by atoms with Crippen molar-refractivity contribution in [2.45, 2.75) is 45.8 Å². The Morgan fingerprint density at radius 1 is 1.06 bits per heavy atom. The van der Waals surface area contributed by atoms with Crippen LogP contribution >= 0.6 is 23.2 Å². The summed E-state index contributed by atoms with van der Waals surface area (Å²) in [4.78, 5) is 27.4. The summed E-state index contributed by atoms with van der Waals surface area (Å²) in [6, 6.07) is 11.3. The Kier molecular flexibility index (Phi) is 9.46. The molecule has 0 spiro atoms. The van der Waals surface area contributed by atoms with Crippen molar-refractivity contribution in [2.24, 2.45) is 0 Å². The topological polar surface area (TPSA) is 67.9 Å². The number of benzene rings is 2. The first-order chi connectivity index (χ1) is 14.7. The Morgan fingerprint density at radius 3 is 2.26 bits per heavy atom. The highest BCUT2D eigenvalue weighted by molar-refractivity contribution is 6.35. The van der Waals surface area contributed by atoms with Gasteiger partial charge in [-0.3, -0.25) is 9.59 Å². The third-order valence-electron chi connectivity index (χ3n) is 4.59. The third-order valence-corrected chi connectivity index (χ3v) is 5.18. The van der Waals surface area contributed by atoms with Crippen LogP contribution in [-0.2, 0) is 16.1 Å². The molecule has 0 fully saturated rings. The number of hydrogen-bond donors (Lipinski definition) is 1. The van der Waals surface area contributed by atoms with E-state index in [-0.39, 0.29) is 31.0 Å². The smallest absolute Gasteiger partial charge is 0.261 e. The lowest BCUT2D eigenvalue weighted by Crippen LogP contribution is -2.51. The predicted octanol–water partition coefficient (Wildman–Crippen LogP) is 4.71. The number of hydrogen-bond acceptors (Lipinski definition) is 4. The summed E-state index contributed by atoms with van der Waals surface area (Å²) < 4.78 is 10.8. The summed E-state index contributed by atoms with van der Waals surface area (Å²) >= 11 is 12.3. The molecule has 0 aliphatic heterocycles. The summed E-state index contributed by atoms with van der Waals surface area (Å²) in [6.45, 7) is 5.55. The van der Waals surface area contributed by atoms with Gasteiger partial charge in [0.15, 0.2) is 6.61 Å². The van der Waals surface area contributed by atoms with Gasteiger partial charge in [0.25, 0.3) is 5.91 Å². The Morgan fingerprint density at radius 2 is 1.71 bits per heavy atom. The maximum Gasteiger partial charge on any atom is 0.261 e. The number of methoxy groups -OCH3 is 1. The van der Waals surface area contributed by atoms with Crippen LogP contribution in [-0.4, -0.2) is 42.5 Å². The van der Waals surface area contributed by atoms with E-state index in [9.17, 15) is 9.59 Å². The first kappa shape index (κ1) is 24.8. The minimum atomic E-state index is -0.666. The van der Waals surface area contributed by atoms with Crippen molar-refractivity contribution in [1.29, 1.82) is 0 Å². The Balaban J connectivity index is 2.23. The number of carbonyl (C=O) groups excluding carboxylic acids is 2. The number of ether oxygens (including phenoxy) is 2. The minimum absolute atomic E-state index is 0.0480. The van der Waals surface area contributed by atoms with E-state index >= 15 is 0 Å². The average molecular weight is 467 g/mol. The highest BCUT2D eigenvalue weighted by atomic mass is 35.5. The molecule has 31 heavy (non-hydrogen) atoms. The molecule has 8 heteroatoms. The molecule has 1 atom stereocenters. The summed E-state index contributed by atoms with van der Waals surface area (Å²) in [7, 11) is 1.58. The fourth-order valence-electron chi connectivity index (χ4n) is 3.03. The van der Waals surface area contributed by atoms with Crippen LogP contribution in [0.25, 0.3) is 0 Å². The van der Waals surface area contributed by atoms with Gasteiger partial charge in [0.1, 0.15) is 17.5 Å². The molecule has 2 amide bonds. The first-order valence-electron chi connectivity index (χ1n) is 10.1. The maximum atomic E-state index is 13.1. The summed E-state index contributed by atoms with van der Waals surface area (Å²) in [5.74, 6) is 0.667. The number of nitrogens with zero attached hydrogens (tertiary/aromatic N) is 1. The lowest BCUT2D eigenvalue weighted by molar-refractivity contribution is -0.143. The zero-order valence-corrected chi connectivity index (χ0v) is 19.7. The maximum absolute atomic E-state index is 13.1. The van der Waals surface area contributed by atoms with Crippen molar-refractivity contribution in [2.75, 3.05) is 13.7 Å². The van der Waals surface area contributed by atoms with E-state index in [0.717, 1.165) is 0 Å². The Hall–Kier alpha value is -2.44. The van der Waals surface area contributed by atoms with Crippen LogP contribution in [0.3, 0.4) is 0 Å². The van der Waals surface area contributed by atoms with Gasteiger partial charge in [0, 0.05) is 22.6 Å². The molecule has 0 saturated carbocycles. The van der Waals surface area contributed by atoms with Gasteiger partial charge >= 0.3 is 0 Å². The molecular weight excluding hydrogens is 439 g/mol. The number of rotatable bonds is 10. The van der Waals surface area contributed by atoms with Gasteiger partial charge in [0.2, 0.25) is 5.91 Å². The monoisotopic (exact) mass is 466 g/mol. The molecule has 0 radical (unpaired) electrons. The number of carbonyl (C=O) groups is 2. The van der Waals surface area contributed by atoms with E-state index in [1.807, 2.05) is 20.8 Å². The van der Waals surface area contributed by atoms with Gasteiger partial charge < -0.3 is 19.7 Å². The number of nitrogens with one attached hydrogen (secondary N) is 1. The van der Waals surface area contributed by atoms with Crippen LogP contribution in [0.1, 0.15) is 32.8 Å². The van der Waals surface area contributed by atoms with Gasteiger partial charge in [-0.05, 0) is 62.2 Å². The lowest BCUT2D eigenvalue weighted by atomic mass is 10.1. The second-order valence-corrected chi connectivity index (χ2v) is 8.15. The van der Waals surface area contributed by atoms with Crippen molar-refractivity contribution in [1.82, 2.24) is 10.2 Å². The Bertz CT molecular complexity index is 888. The second kappa shape index (κ2) is 11.8. The quantitative estimate of drug-likeness (QED) is 0.550. The third kappa shape index (κ3) is 7.33. The van der Waals surface area contributed by atoms with Crippen LogP contribution in [0.5, 0.6) is 11.5 Å². The molecule has 2 aromatic carbocycles. The molecule has 0 bridgehead atoms. The summed E-state index contributed by atoms with van der Waals surface area (Å²) in [5.41, 5.74) is 0.694. The van der Waals surface area contributed by atoms with Gasteiger partial charge in [-0.2, -0.15) is 0 Å². The fraction of sp³-hybridized carbons (Fsp3) is 0.391. The standard InChI is InChI=1S/C23H28Cl2N2O4/c1-5-21(23(29)26-15(2)3)27(13-16-6-7-17(24)12-20(16)25)22(28)14-31-19-10-8-18(30-4)9-11-19/h6-12,15,21H,5,13-14H2,1-4H3,(H,26,29)/t21-/m1/s1. The van der Waals surface area contributed by atoms with E-state index in [4.69, 9.17) is 32.7 Å².